The topological polar surface area (TPSA) is 102 Å². The minimum atomic E-state index is -4.05. The summed E-state index contributed by atoms with van der Waals surface area (Å²) in [5.41, 5.74) is 0.701. The summed E-state index contributed by atoms with van der Waals surface area (Å²) >= 11 is 5.93. The molecule has 0 aromatic heterocycles. The van der Waals surface area contributed by atoms with Crippen LogP contribution in [0.15, 0.2) is 46.2 Å². The van der Waals surface area contributed by atoms with Crippen LogP contribution in [0.1, 0.15) is 12.5 Å². The Morgan fingerprint density at radius 3 is 2.35 bits per heavy atom. The van der Waals surface area contributed by atoms with E-state index in [1.807, 2.05) is 0 Å². The number of hydrogen-bond acceptors (Lipinski definition) is 5. The van der Waals surface area contributed by atoms with Crippen LogP contribution in [-0.4, -0.2) is 30.5 Å². The van der Waals surface area contributed by atoms with Gasteiger partial charge in [-0.2, -0.15) is 0 Å². The van der Waals surface area contributed by atoms with Gasteiger partial charge in [-0.15, -0.1) is 0 Å². The van der Waals surface area contributed by atoms with E-state index in [2.05, 4.69) is 9.44 Å². The molecule has 7 nitrogen and oxygen atoms in total. The third kappa shape index (κ3) is 4.47. The molecule has 2 aromatic rings. The number of rotatable bonds is 7. The molecule has 0 heterocycles. The number of aryl methyl sites for hydroxylation is 1. The average Bonchev–Trinajstić information content (AvgIpc) is 2.58. The van der Waals surface area contributed by atoms with Crippen LogP contribution in [0.3, 0.4) is 0 Å². The Morgan fingerprint density at radius 2 is 1.73 bits per heavy atom. The lowest BCUT2D eigenvalue weighted by Crippen LogP contribution is -2.20. The van der Waals surface area contributed by atoms with Crippen molar-refractivity contribution < 1.29 is 21.6 Å². The largest absolute Gasteiger partial charge is 0.492 e. The number of anilines is 1. The van der Waals surface area contributed by atoms with Gasteiger partial charge in [-0.1, -0.05) is 17.7 Å². The predicted molar refractivity (Wildman–Crippen MR) is 101 cm³/mol. The quantitative estimate of drug-likeness (QED) is 0.719. The number of nitrogens with one attached hydrogen (secondary N) is 2. The summed E-state index contributed by atoms with van der Waals surface area (Å²) in [7, 11) is -6.49. The van der Waals surface area contributed by atoms with Crippen molar-refractivity contribution in [3.05, 3.63) is 47.0 Å². The Hall–Kier alpha value is -1.81. The van der Waals surface area contributed by atoms with Gasteiger partial charge in [0.2, 0.25) is 10.0 Å². The first-order valence-electron chi connectivity index (χ1n) is 7.60. The van der Waals surface area contributed by atoms with Crippen molar-refractivity contribution in [3.63, 3.8) is 0 Å². The summed E-state index contributed by atoms with van der Waals surface area (Å²) in [6.07, 6.45) is 0. The monoisotopic (exact) mass is 418 g/mol. The van der Waals surface area contributed by atoms with Crippen molar-refractivity contribution in [2.75, 3.05) is 18.4 Å². The first-order valence-corrected chi connectivity index (χ1v) is 10.9. The molecule has 0 bridgehead atoms. The van der Waals surface area contributed by atoms with Gasteiger partial charge >= 0.3 is 0 Å². The molecule has 10 heteroatoms. The van der Waals surface area contributed by atoms with Crippen LogP contribution in [-0.2, 0) is 20.0 Å². The third-order valence-corrected chi connectivity index (χ3v) is 6.56. The van der Waals surface area contributed by atoms with Gasteiger partial charge in [0.25, 0.3) is 10.0 Å². The summed E-state index contributed by atoms with van der Waals surface area (Å²) in [6.45, 7) is 3.67. The zero-order chi connectivity index (χ0) is 19.5. The molecule has 2 rings (SSSR count). The smallest absolute Gasteiger partial charge is 0.265 e. The fourth-order valence-corrected chi connectivity index (χ4v) is 4.45. The summed E-state index contributed by atoms with van der Waals surface area (Å²) in [5, 5.41) is 0.233. The van der Waals surface area contributed by atoms with E-state index >= 15 is 0 Å². The summed E-state index contributed by atoms with van der Waals surface area (Å²) in [5.74, 6) is 0.154. The Kier molecular flexibility index (Phi) is 6.17. The van der Waals surface area contributed by atoms with Gasteiger partial charge < -0.3 is 4.74 Å². The molecule has 0 fully saturated rings. The first kappa shape index (κ1) is 20.5. The summed E-state index contributed by atoms with van der Waals surface area (Å²) in [6, 6.07) is 8.43. The number of hydrogen-bond donors (Lipinski definition) is 2. The van der Waals surface area contributed by atoms with Crippen LogP contribution < -0.4 is 14.2 Å². The van der Waals surface area contributed by atoms with Crippen LogP contribution in [0, 0.1) is 6.92 Å². The number of sulfonamides is 2. The normalized spacial score (nSPS) is 12.0. The van der Waals surface area contributed by atoms with Crippen LogP contribution in [0.25, 0.3) is 0 Å². The van der Waals surface area contributed by atoms with Crippen molar-refractivity contribution in [3.8, 4) is 5.75 Å². The van der Waals surface area contributed by atoms with Crippen molar-refractivity contribution in [2.24, 2.45) is 0 Å². The molecule has 0 radical (unpaired) electrons. The zero-order valence-corrected chi connectivity index (χ0v) is 16.8. The van der Waals surface area contributed by atoms with Crippen LogP contribution in [0.5, 0.6) is 5.75 Å². The van der Waals surface area contributed by atoms with E-state index in [9.17, 15) is 16.8 Å². The molecule has 0 aliphatic carbocycles. The molecule has 0 saturated carbocycles. The maximum atomic E-state index is 12.8. The molecule has 142 valence electrons. The maximum Gasteiger partial charge on any atom is 0.265 e. The molecule has 26 heavy (non-hydrogen) atoms. The number of halogens is 1. The molecular weight excluding hydrogens is 400 g/mol. The lowest BCUT2D eigenvalue weighted by Gasteiger charge is -2.15. The minimum absolute atomic E-state index is 0.0561. The second-order valence-electron chi connectivity index (χ2n) is 5.31. The molecule has 2 N–H and O–H groups in total. The van der Waals surface area contributed by atoms with Crippen molar-refractivity contribution in [2.45, 2.75) is 23.6 Å². The van der Waals surface area contributed by atoms with E-state index in [1.54, 1.807) is 13.8 Å². The standard InChI is InChI=1S/C16H19ClN2O5S2/c1-4-24-15-8-6-12(17)9-16(15)26(22,23)19-14-10-13(7-5-11(14)2)25(20,21)18-3/h5-10,18-19H,4H2,1-3H3. The fourth-order valence-electron chi connectivity index (χ4n) is 2.16. The fraction of sp³-hybridized carbons (Fsp3) is 0.250. The highest BCUT2D eigenvalue weighted by Gasteiger charge is 2.22. The summed E-state index contributed by atoms with van der Waals surface area (Å²) < 4.78 is 59.5. The Labute approximate surface area is 158 Å². The van der Waals surface area contributed by atoms with E-state index in [0.717, 1.165) is 0 Å². The minimum Gasteiger partial charge on any atom is -0.492 e. The molecular formula is C16H19ClN2O5S2. The predicted octanol–water partition coefficient (Wildman–Crippen LogP) is 2.76. The Morgan fingerprint density at radius 1 is 1.04 bits per heavy atom. The van der Waals surface area contributed by atoms with Gasteiger partial charge in [-0.3, -0.25) is 4.72 Å². The van der Waals surface area contributed by atoms with Gasteiger partial charge in [0.1, 0.15) is 10.6 Å². The van der Waals surface area contributed by atoms with Crippen LogP contribution in [0.4, 0.5) is 5.69 Å². The van der Waals surface area contributed by atoms with Gasteiger partial charge in [-0.25, -0.2) is 21.6 Å². The van der Waals surface area contributed by atoms with Crippen LogP contribution in [0.2, 0.25) is 5.02 Å². The molecule has 0 unspecified atom stereocenters. The average molecular weight is 419 g/mol. The van der Waals surface area contributed by atoms with E-state index in [4.69, 9.17) is 16.3 Å². The molecule has 2 aromatic carbocycles. The molecule has 0 aliphatic heterocycles. The highest BCUT2D eigenvalue weighted by atomic mass is 35.5. The zero-order valence-electron chi connectivity index (χ0n) is 14.4. The maximum absolute atomic E-state index is 12.8. The summed E-state index contributed by atoms with van der Waals surface area (Å²) in [4.78, 5) is -0.187. The second-order valence-corrected chi connectivity index (χ2v) is 9.29. The Balaban J connectivity index is 2.51. The second kappa shape index (κ2) is 7.83. The van der Waals surface area contributed by atoms with E-state index < -0.39 is 20.0 Å². The van der Waals surface area contributed by atoms with E-state index in [0.29, 0.717) is 5.56 Å². The lowest BCUT2D eigenvalue weighted by molar-refractivity contribution is 0.331. The van der Waals surface area contributed by atoms with Crippen molar-refractivity contribution in [1.29, 1.82) is 0 Å². The highest BCUT2D eigenvalue weighted by molar-refractivity contribution is 7.93. The lowest BCUT2D eigenvalue weighted by atomic mass is 10.2. The van der Waals surface area contributed by atoms with Gasteiger partial charge in [0.05, 0.1) is 17.2 Å². The first-order chi connectivity index (χ1) is 12.1. The van der Waals surface area contributed by atoms with Crippen molar-refractivity contribution in [1.82, 2.24) is 4.72 Å². The van der Waals surface area contributed by atoms with Gasteiger partial charge in [0, 0.05) is 5.02 Å². The SMILES string of the molecule is CCOc1ccc(Cl)cc1S(=O)(=O)Nc1cc(S(=O)(=O)NC)ccc1C. The van der Waals surface area contributed by atoms with Crippen LogP contribution >= 0.6 is 11.6 Å². The third-order valence-electron chi connectivity index (χ3n) is 3.53. The van der Waals surface area contributed by atoms with E-state index in [-0.39, 0.29) is 32.9 Å². The molecule has 0 saturated heterocycles. The molecule has 0 aliphatic rings. The highest BCUT2D eigenvalue weighted by Crippen LogP contribution is 2.30. The number of benzene rings is 2. The molecule has 0 spiro atoms. The Bertz CT molecular complexity index is 1020. The number of ether oxygens (including phenoxy) is 1. The molecule has 0 amide bonds. The van der Waals surface area contributed by atoms with E-state index in [1.165, 1.54) is 43.4 Å². The molecule has 0 atom stereocenters. The van der Waals surface area contributed by atoms with Gasteiger partial charge in [0.15, 0.2) is 0 Å². The van der Waals surface area contributed by atoms with Gasteiger partial charge in [-0.05, 0) is 56.8 Å². The van der Waals surface area contributed by atoms with Crippen molar-refractivity contribution >= 4 is 37.3 Å².